The van der Waals surface area contributed by atoms with E-state index in [1.54, 1.807) is 24.5 Å². The molecular weight excluding hydrogens is 409 g/mol. The predicted molar refractivity (Wildman–Crippen MR) is 103 cm³/mol. The molecule has 28 heavy (non-hydrogen) atoms. The number of hydrogen-bond donors (Lipinski definition) is 0. The van der Waals surface area contributed by atoms with Gasteiger partial charge in [0.25, 0.3) is 0 Å². The number of thiazole rings is 1. The number of benzene rings is 1. The van der Waals surface area contributed by atoms with E-state index in [1.807, 2.05) is 24.4 Å². The number of carbonyl (C=O) groups excluding carboxylic acids is 1. The number of likely N-dealkylation sites (N-methyl/N-ethyl adjacent to an activating group) is 1. The number of carbonyl (C=O) groups is 1. The molecule has 0 aliphatic carbocycles. The number of rotatable bonds is 6. The van der Waals surface area contributed by atoms with Crippen molar-refractivity contribution in [3.63, 3.8) is 0 Å². The zero-order valence-electron chi connectivity index (χ0n) is 15.1. The molecule has 0 aliphatic rings. The molecule has 0 unspecified atom stereocenters. The van der Waals surface area contributed by atoms with E-state index in [9.17, 15) is 18.0 Å². The Morgan fingerprint density at radius 3 is 2.64 bits per heavy atom. The van der Waals surface area contributed by atoms with Crippen LogP contribution in [0.3, 0.4) is 0 Å². The first-order chi connectivity index (χ1) is 13.2. The van der Waals surface area contributed by atoms with E-state index in [0.29, 0.717) is 0 Å². The highest BCUT2D eigenvalue weighted by molar-refractivity contribution is 7.15. The third-order valence-corrected chi connectivity index (χ3v) is 5.75. The second kappa shape index (κ2) is 8.32. The Morgan fingerprint density at radius 1 is 1.21 bits per heavy atom. The molecule has 3 rings (SSSR count). The van der Waals surface area contributed by atoms with Crippen LogP contribution < -0.4 is 4.74 Å². The number of halogens is 3. The molecule has 0 aliphatic heterocycles. The van der Waals surface area contributed by atoms with E-state index < -0.39 is 6.36 Å². The smallest absolute Gasteiger partial charge is 0.405 e. The molecule has 0 saturated carbocycles. The van der Waals surface area contributed by atoms with Gasteiger partial charge in [-0.2, -0.15) is 0 Å². The lowest BCUT2D eigenvalue weighted by molar-refractivity contribution is -0.275. The number of ether oxygens (including phenoxy) is 1. The second-order valence-corrected chi connectivity index (χ2v) is 8.30. The summed E-state index contributed by atoms with van der Waals surface area (Å²) in [5.41, 5.74) is 1.08. The first-order valence-corrected chi connectivity index (χ1v) is 10.0. The summed E-state index contributed by atoms with van der Waals surface area (Å²) < 4.78 is 41.8. The van der Waals surface area contributed by atoms with Crippen LogP contribution in [0.2, 0.25) is 0 Å². The third kappa shape index (κ3) is 5.11. The van der Waals surface area contributed by atoms with Crippen LogP contribution in [0.4, 0.5) is 13.2 Å². The van der Waals surface area contributed by atoms with Gasteiger partial charge < -0.3 is 9.64 Å². The minimum atomic E-state index is -4.78. The van der Waals surface area contributed by atoms with Crippen molar-refractivity contribution in [2.75, 3.05) is 7.05 Å². The molecule has 0 N–H and O–H groups in total. The molecule has 148 valence electrons. The Morgan fingerprint density at radius 2 is 1.96 bits per heavy atom. The quantitative estimate of drug-likeness (QED) is 0.539. The normalized spacial score (nSPS) is 11.5. The fourth-order valence-electron chi connectivity index (χ4n) is 2.67. The highest BCUT2D eigenvalue weighted by Crippen LogP contribution is 2.32. The van der Waals surface area contributed by atoms with Crippen LogP contribution in [0, 0.1) is 6.92 Å². The van der Waals surface area contributed by atoms with Crippen LogP contribution in [0.5, 0.6) is 5.75 Å². The predicted octanol–water partition coefficient (Wildman–Crippen LogP) is 5.28. The van der Waals surface area contributed by atoms with Gasteiger partial charge in [0.05, 0.1) is 22.0 Å². The maximum Gasteiger partial charge on any atom is 0.573 e. The van der Waals surface area contributed by atoms with Gasteiger partial charge in [0.2, 0.25) is 5.91 Å². The standard InChI is InChI=1S/C19H17F3N2O2S2/c1-12-23-18(15-8-5-9-27-15)16(28-12)10-17(25)24(2)11-13-6-3-4-7-14(13)26-19(20,21)22/h3-9H,10-11H2,1-2H3. The van der Waals surface area contributed by atoms with Crippen molar-refractivity contribution < 1.29 is 22.7 Å². The summed E-state index contributed by atoms with van der Waals surface area (Å²) in [7, 11) is 1.56. The average Bonchev–Trinajstić information content (AvgIpc) is 3.24. The van der Waals surface area contributed by atoms with Crippen molar-refractivity contribution >= 4 is 28.6 Å². The molecule has 0 spiro atoms. The topological polar surface area (TPSA) is 42.4 Å². The minimum Gasteiger partial charge on any atom is -0.405 e. The van der Waals surface area contributed by atoms with Gasteiger partial charge >= 0.3 is 6.36 Å². The van der Waals surface area contributed by atoms with Gasteiger partial charge in [-0.25, -0.2) is 4.98 Å². The van der Waals surface area contributed by atoms with Gasteiger partial charge in [0.1, 0.15) is 5.75 Å². The first-order valence-electron chi connectivity index (χ1n) is 8.31. The first kappa shape index (κ1) is 20.3. The number of hydrogen-bond acceptors (Lipinski definition) is 5. The molecule has 0 atom stereocenters. The van der Waals surface area contributed by atoms with Gasteiger partial charge in [-0.3, -0.25) is 4.79 Å². The van der Waals surface area contributed by atoms with Gasteiger partial charge in [-0.05, 0) is 24.4 Å². The molecule has 0 radical (unpaired) electrons. The van der Waals surface area contributed by atoms with Crippen molar-refractivity contribution in [1.29, 1.82) is 0 Å². The summed E-state index contributed by atoms with van der Waals surface area (Å²) in [6.07, 6.45) is -4.65. The Balaban J connectivity index is 1.73. The Kier molecular flexibility index (Phi) is 6.04. The molecule has 2 heterocycles. The molecular formula is C19H17F3N2O2S2. The number of para-hydroxylation sites is 1. The third-order valence-electron chi connectivity index (χ3n) is 3.90. The highest BCUT2D eigenvalue weighted by Gasteiger charge is 2.32. The van der Waals surface area contributed by atoms with Crippen LogP contribution in [0.15, 0.2) is 41.8 Å². The SMILES string of the molecule is Cc1nc(-c2cccs2)c(CC(=O)N(C)Cc2ccccc2OC(F)(F)F)s1. The maximum atomic E-state index is 12.7. The maximum absolute atomic E-state index is 12.7. The van der Waals surface area contributed by atoms with Gasteiger partial charge in [0.15, 0.2) is 0 Å². The van der Waals surface area contributed by atoms with E-state index in [1.165, 1.54) is 34.4 Å². The molecule has 9 heteroatoms. The number of aromatic nitrogens is 1. The molecule has 0 fully saturated rings. The Labute approximate surface area is 168 Å². The Hall–Kier alpha value is -2.39. The number of nitrogens with zero attached hydrogens (tertiary/aromatic N) is 2. The lowest BCUT2D eigenvalue weighted by atomic mass is 10.1. The average molecular weight is 426 g/mol. The second-order valence-electron chi connectivity index (χ2n) is 6.06. The van der Waals surface area contributed by atoms with E-state index in [4.69, 9.17) is 0 Å². The van der Waals surface area contributed by atoms with Gasteiger partial charge in [-0.1, -0.05) is 24.3 Å². The zero-order chi connectivity index (χ0) is 20.3. The van der Waals surface area contributed by atoms with E-state index in [0.717, 1.165) is 20.5 Å². The number of amides is 1. The Bertz CT molecular complexity index is 952. The van der Waals surface area contributed by atoms with Crippen molar-refractivity contribution in [1.82, 2.24) is 9.88 Å². The van der Waals surface area contributed by atoms with Gasteiger partial charge in [0, 0.05) is 24.0 Å². The lowest BCUT2D eigenvalue weighted by Crippen LogP contribution is -2.28. The van der Waals surface area contributed by atoms with Crippen LogP contribution in [0.25, 0.3) is 10.6 Å². The molecule has 1 amide bonds. The monoisotopic (exact) mass is 426 g/mol. The van der Waals surface area contributed by atoms with E-state index in [2.05, 4.69) is 9.72 Å². The van der Waals surface area contributed by atoms with Crippen molar-refractivity contribution in [3.05, 3.63) is 57.2 Å². The summed E-state index contributed by atoms with van der Waals surface area (Å²) in [4.78, 5) is 20.4. The van der Waals surface area contributed by atoms with Crippen molar-refractivity contribution in [2.24, 2.45) is 0 Å². The van der Waals surface area contributed by atoms with Crippen LogP contribution in [-0.4, -0.2) is 29.2 Å². The lowest BCUT2D eigenvalue weighted by Gasteiger charge is -2.20. The number of aryl methyl sites for hydroxylation is 1. The summed E-state index contributed by atoms with van der Waals surface area (Å²) in [6, 6.07) is 9.69. The largest absolute Gasteiger partial charge is 0.573 e. The summed E-state index contributed by atoms with van der Waals surface area (Å²) in [6.45, 7) is 1.89. The van der Waals surface area contributed by atoms with E-state index in [-0.39, 0.29) is 30.2 Å². The summed E-state index contributed by atoms with van der Waals surface area (Å²) >= 11 is 3.00. The van der Waals surface area contributed by atoms with Crippen molar-refractivity contribution in [3.8, 4) is 16.3 Å². The highest BCUT2D eigenvalue weighted by atomic mass is 32.1. The molecule has 1 aromatic carbocycles. The fourth-order valence-corrected chi connectivity index (χ4v) is 4.42. The number of thiophene rings is 1. The molecule has 4 nitrogen and oxygen atoms in total. The molecule has 0 saturated heterocycles. The van der Waals surface area contributed by atoms with Crippen LogP contribution in [0.1, 0.15) is 15.4 Å². The van der Waals surface area contributed by atoms with E-state index >= 15 is 0 Å². The molecule has 3 aromatic rings. The molecule has 2 aromatic heterocycles. The minimum absolute atomic E-state index is 0.0111. The van der Waals surface area contributed by atoms with Gasteiger partial charge in [-0.15, -0.1) is 35.8 Å². The van der Waals surface area contributed by atoms with Crippen LogP contribution in [-0.2, 0) is 17.8 Å². The number of alkyl halides is 3. The van der Waals surface area contributed by atoms with Crippen LogP contribution >= 0.6 is 22.7 Å². The fraction of sp³-hybridized carbons (Fsp3) is 0.263. The summed E-state index contributed by atoms with van der Waals surface area (Å²) in [5, 5.41) is 2.80. The summed E-state index contributed by atoms with van der Waals surface area (Å²) in [5.74, 6) is -0.508. The zero-order valence-corrected chi connectivity index (χ0v) is 16.7. The molecule has 0 bridgehead atoms. The van der Waals surface area contributed by atoms with Crippen molar-refractivity contribution in [2.45, 2.75) is 26.3 Å².